The Hall–Kier alpha value is -2.99. The molecule has 0 radical (unpaired) electrons. The van der Waals surface area contributed by atoms with Crippen molar-refractivity contribution in [1.29, 1.82) is 0 Å². The summed E-state index contributed by atoms with van der Waals surface area (Å²) in [5.74, 6) is 0. The van der Waals surface area contributed by atoms with Gasteiger partial charge in [-0.05, 0) is 82.1 Å². The number of hydrogen-bond acceptors (Lipinski definition) is 4. The van der Waals surface area contributed by atoms with Crippen molar-refractivity contribution < 1.29 is 4.92 Å². The summed E-state index contributed by atoms with van der Waals surface area (Å²) >= 11 is 13.7. The van der Waals surface area contributed by atoms with Crippen LogP contribution in [0.15, 0.2) is 89.8 Å². The Morgan fingerprint density at radius 1 is 0.800 bits per heavy atom. The monoisotopic (exact) mass is 522 g/mol. The van der Waals surface area contributed by atoms with E-state index in [9.17, 15) is 10.1 Å². The van der Waals surface area contributed by atoms with Gasteiger partial charge in [-0.1, -0.05) is 74.3 Å². The molecule has 0 heterocycles. The van der Waals surface area contributed by atoms with Gasteiger partial charge >= 0.3 is 0 Å². The summed E-state index contributed by atoms with van der Waals surface area (Å²) in [7, 11) is 0. The average molecular weight is 523 g/mol. The number of nitro benzene ring substituents is 1. The number of nitrogens with one attached hydrogen (secondary N) is 1. The molecule has 7 heteroatoms. The predicted octanol–water partition coefficient (Wildman–Crippen LogP) is 9.65. The van der Waals surface area contributed by atoms with Gasteiger partial charge in [0.15, 0.2) is 0 Å². The number of benzene rings is 4. The maximum atomic E-state index is 11.2. The van der Waals surface area contributed by atoms with Gasteiger partial charge in [-0.3, -0.25) is 10.1 Å². The maximum absolute atomic E-state index is 11.2. The van der Waals surface area contributed by atoms with Crippen molar-refractivity contribution in [3.05, 3.63) is 111 Å². The third-order valence-corrected chi connectivity index (χ3v) is 6.88. The number of nitro groups is 1. The van der Waals surface area contributed by atoms with Crippen molar-refractivity contribution in [3.63, 3.8) is 0 Å². The molecular formula is C28H24Cl2N2O2S. The minimum absolute atomic E-state index is 0.0591. The van der Waals surface area contributed by atoms with E-state index in [-0.39, 0.29) is 16.0 Å². The van der Waals surface area contributed by atoms with Gasteiger partial charge in [0.25, 0.3) is 5.69 Å². The molecule has 0 aromatic heterocycles. The smallest absolute Gasteiger partial charge is 0.270 e. The molecule has 178 valence electrons. The SMILES string of the molecule is CC(C)(C)c1cc(-c2ccc(Cl)cc2)cc(-c2ccc(Cl)cc2)c1NSc1cccc([N+](=O)[O-])c1. The molecule has 4 nitrogen and oxygen atoms in total. The van der Waals surface area contributed by atoms with Gasteiger partial charge in [0.05, 0.1) is 10.6 Å². The van der Waals surface area contributed by atoms with Crippen LogP contribution in [-0.2, 0) is 5.41 Å². The fourth-order valence-corrected chi connectivity index (χ4v) is 4.80. The van der Waals surface area contributed by atoms with Crippen LogP contribution in [0.1, 0.15) is 26.3 Å². The number of nitrogens with zero attached hydrogens (tertiary/aromatic N) is 1. The van der Waals surface area contributed by atoms with E-state index in [0.29, 0.717) is 10.0 Å². The van der Waals surface area contributed by atoms with Crippen LogP contribution in [0.2, 0.25) is 10.0 Å². The molecule has 4 aromatic carbocycles. The van der Waals surface area contributed by atoms with Crippen molar-refractivity contribution in [2.24, 2.45) is 0 Å². The van der Waals surface area contributed by atoms with E-state index >= 15 is 0 Å². The van der Waals surface area contributed by atoms with E-state index in [0.717, 1.165) is 38.4 Å². The quantitative estimate of drug-likeness (QED) is 0.155. The fourth-order valence-electron chi connectivity index (χ4n) is 3.78. The van der Waals surface area contributed by atoms with Gasteiger partial charge in [-0.15, -0.1) is 0 Å². The third kappa shape index (κ3) is 5.99. The Morgan fingerprint density at radius 2 is 1.40 bits per heavy atom. The van der Waals surface area contributed by atoms with Gasteiger partial charge in [-0.2, -0.15) is 0 Å². The first kappa shape index (κ1) is 25.1. The lowest BCUT2D eigenvalue weighted by molar-refractivity contribution is -0.385. The van der Waals surface area contributed by atoms with Gasteiger partial charge in [0.1, 0.15) is 0 Å². The lowest BCUT2D eigenvalue weighted by atomic mass is 9.81. The molecule has 0 saturated heterocycles. The normalized spacial score (nSPS) is 11.3. The minimum Gasteiger partial charge on any atom is -0.325 e. The zero-order valence-corrected chi connectivity index (χ0v) is 21.8. The van der Waals surface area contributed by atoms with E-state index in [4.69, 9.17) is 23.2 Å². The zero-order valence-electron chi connectivity index (χ0n) is 19.5. The largest absolute Gasteiger partial charge is 0.325 e. The van der Waals surface area contributed by atoms with Crippen LogP contribution in [0.5, 0.6) is 0 Å². The fraction of sp³-hybridized carbons (Fsp3) is 0.143. The zero-order chi connectivity index (χ0) is 25.2. The molecule has 0 spiro atoms. The Morgan fingerprint density at radius 3 is 1.97 bits per heavy atom. The van der Waals surface area contributed by atoms with E-state index in [1.165, 1.54) is 18.0 Å². The van der Waals surface area contributed by atoms with Crippen molar-refractivity contribution in [2.75, 3.05) is 4.72 Å². The summed E-state index contributed by atoms with van der Waals surface area (Å²) in [5, 5.41) is 12.6. The number of anilines is 1. The minimum atomic E-state index is -0.384. The molecule has 4 rings (SSSR count). The standard InChI is InChI=1S/C28H24Cl2N2O2S/c1-28(2,3)26-16-20(18-7-11-21(29)12-8-18)15-25(19-9-13-22(30)14-10-19)27(26)31-35-24-6-4-5-23(17-24)32(33)34/h4-17,31H,1-3H3. The summed E-state index contributed by atoms with van der Waals surface area (Å²) in [6.07, 6.45) is 0. The molecule has 4 aromatic rings. The summed E-state index contributed by atoms with van der Waals surface area (Å²) in [4.78, 5) is 11.6. The molecular weight excluding hydrogens is 499 g/mol. The van der Waals surface area contributed by atoms with Crippen molar-refractivity contribution >= 4 is 46.5 Å². The number of hydrogen-bond donors (Lipinski definition) is 1. The molecule has 0 aliphatic rings. The van der Waals surface area contributed by atoms with Gasteiger partial charge in [-0.25, -0.2) is 0 Å². The second-order valence-electron chi connectivity index (χ2n) is 9.17. The maximum Gasteiger partial charge on any atom is 0.270 e. The highest BCUT2D eigenvalue weighted by Gasteiger charge is 2.23. The van der Waals surface area contributed by atoms with E-state index in [1.807, 2.05) is 54.6 Å². The topological polar surface area (TPSA) is 55.2 Å². The summed E-state index contributed by atoms with van der Waals surface area (Å²) in [5.41, 5.74) is 6.10. The third-order valence-electron chi connectivity index (χ3n) is 5.58. The second kappa shape index (κ2) is 10.3. The lowest BCUT2D eigenvalue weighted by Gasteiger charge is -2.27. The van der Waals surface area contributed by atoms with Gasteiger partial charge in [0, 0.05) is 32.6 Å². The van der Waals surface area contributed by atoms with Crippen LogP contribution in [0, 0.1) is 10.1 Å². The number of rotatable bonds is 6. The van der Waals surface area contributed by atoms with Gasteiger partial charge in [0.2, 0.25) is 0 Å². The Labute approximate surface area is 219 Å². The van der Waals surface area contributed by atoms with Crippen LogP contribution in [0.4, 0.5) is 11.4 Å². The highest BCUT2D eigenvalue weighted by Crippen LogP contribution is 2.43. The Bertz CT molecular complexity index is 1370. The Kier molecular flexibility index (Phi) is 7.41. The first-order chi connectivity index (χ1) is 16.6. The molecule has 35 heavy (non-hydrogen) atoms. The average Bonchev–Trinajstić information content (AvgIpc) is 2.83. The molecule has 0 unspecified atom stereocenters. The lowest BCUT2D eigenvalue weighted by Crippen LogP contribution is -2.14. The first-order valence-corrected chi connectivity index (χ1v) is 12.6. The summed E-state index contributed by atoms with van der Waals surface area (Å²) in [6, 6.07) is 26.5. The molecule has 0 aliphatic heterocycles. The predicted molar refractivity (Wildman–Crippen MR) is 149 cm³/mol. The molecule has 0 aliphatic carbocycles. The highest BCUT2D eigenvalue weighted by atomic mass is 35.5. The molecule has 0 saturated carbocycles. The molecule has 0 atom stereocenters. The first-order valence-electron chi connectivity index (χ1n) is 11.0. The van der Waals surface area contributed by atoms with Crippen LogP contribution >= 0.6 is 35.1 Å². The summed E-state index contributed by atoms with van der Waals surface area (Å²) in [6.45, 7) is 6.51. The van der Waals surface area contributed by atoms with E-state index < -0.39 is 0 Å². The van der Waals surface area contributed by atoms with Crippen molar-refractivity contribution in [2.45, 2.75) is 31.1 Å². The molecule has 0 bridgehead atoms. The van der Waals surface area contributed by atoms with E-state index in [1.54, 1.807) is 12.1 Å². The van der Waals surface area contributed by atoms with Crippen molar-refractivity contribution in [3.8, 4) is 22.3 Å². The second-order valence-corrected chi connectivity index (χ2v) is 10.9. The number of non-ortho nitro benzene ring substituents is 1. The van der Waals surface area contributed by atoms with Crippen LogP contribution in [-0.4, -0.2) is 4.92 Å². The summed E-state index contributed by atoms with van der Waals surface area (Å²) < 4.78 is 3.51. The highest BCUT2D eigenvalue weighted by molar-refractivity contribution is 8.00. The molecule has 0 fully saturated rings. The Balaban J connectivity index is 1.87. The van der Waals surface area contributed by atoms with Gasteiger partial charge < -0.3 is 4.72 Å². The number of halogens is 2. The van der Waals surface area contributed by atoms with Crippen LogP contribution < -0.4 is 4.72 Å². The van der Waals surface area contributed by atoms with Crippen molar-refractivity contribution in [1.82, 2.24) is 0 Å². The molecule has 0 amide bonds. The molecule has 1 N–H and O–H groups in total. The van der Waals surface area contributed by atoms with Crippen LogP contribution in [0.25, 0.3) is 22.3 Å². The van der Waals surface area contributed by atoms with Crippen LogP contribution in [0.3, 0.4) is 0 Å². The van der Waals surface area contributed by atoms with E-state index in [2.05, 4.69) is 37.6 Å².